The number of hydrogen-bond donors (Lipinski definition) is 0. The number of rotatable bonds is 3. The molecule has 1 amide bonds. The molecule has 3 aromatic rings. The van der Waals surface area contributed by atoms with E-state index in [0.717, 1.165) is 4.47 Å². The van der Waals surface area contributed by atoms with E-state index in [-0.39, 0.29) is 23.2 Å². The molecule has 4 rings (SSSR count). The van der Waals surface area contributed by atoms with E-state index in [1.54, 1.807) is 42.5 Å². The van der Waals surface area contributed by atoms with Crippen LogP contribution < -0.4 is 4.90 Å². The first-order valence-electron chi connectivity index (χ1n) is 8.43. The van der Waals surface area contributed by atoms with Crippen LogP contribution in [-0.4, -0.2) is 11.7 Å². The summed E-state index contributed by atoms with van der Waals surface area (Å²) in [5, 5.41) is 0. The van der Waals surface area contributed by atoms with Crippen molar-refractivity contribution in [2.75, 3.05) is 4.90 Å². The van der Waals surface area contributed by atoms with Crippen LogP contribution in [0.5, 0.6) is 0 Å². The maximum absolute atomic E-state index is 13.3. The molecule has 6 heteroatoms. The van der Waals surface area contributed by atoms with Gasteiger partial charge in [0, 0.05) is 10.0 Å². The smallest absolute Gasteiger partial charge is 0.266 e. The number of anilines is 1. The summed E-state index contributed by atoms with van der Waals surface area (Å²) >= 11 is 3.38. The van der Waals surface area contributed by atoms with Gasteiger partial charge < -0.3 is 0 Å². The van der Waals surface area contributed by atoms with E-state index in [1.165, 1.54) is 29.2 Å². The summed E-state index contributed by atoms with van der Waals surface area (Å²) in [6.07, 6.45) is 1.60. The van der Waals surface area contributed by atoms with Gasteiger partial charge in [-0.2, -0.15) is 0 Å². The molecular formula is C22H13BrF2N2O. The van der Waals surface area contributed by atoms with Gasteiger partial charge in [0.1, 0.15) is 23.2 Å². The molecule has 0 saturated heterocycles. The van der Waals surface area contributed by atoms with Crippen LogP contribution in [-0.2, 0) is 4.79 Å². The summed E-state index contributed by atoms with van der Waals surface area (Å²) in [6.45, 7) is 0. The predicted octanol–water partition coefficient (Wildman–Crippen LogP) is 5.56. The van der Waals surface area contributed by atoms with Gasteiger partial charge in [-0.15, -0.1) is 0 Å². The van der Waals surface area contributed by atoms with Gasteiger partial charge in [0.15, 0.2) is 0 Å². The highest BCUT2D eigenvalue weighted by Crippen LogP contribution is 2.29. The third-order valence-corrected chi connectivity index (χ3v) is 4.75. The van der Waals surface area contributed by atoms with Crippen molar-refractivity contribution >= 4 is 39.4 Å². The van der Waals surface area contributed by atoms with Crippen molar-refractivity contribution in [1.82, 2.24) is 0 Å². The molecule has 1 aliphatic heterocycles. The lowest BCUT2D eigenvalue weighted by molar-refractivity contribution is -0.113. The summed E-state index contributed by atoms with van der Waals surface area (Å²) in [7, 11) is 0. The zero-order valence-electron chi connectivity index (χ0n) is 14.4. The minimum atomic E-state index is -0.369. The second-order valence-electron chi connectivity index (χ2n) is 6.14. The molecule has 0 aromatic heterocycles. The Morgan fingerprint density at radius 3 is 2.00 bits per heavy atom. The number of carbonyl (C=O) groups excluding carboxylic acids is 1. The topological polar surface area (TPSA) is 32.7 Å². The highest BCUT2D eigenvalue weighted by molar-refractivity contribution is 9.10. The van der Waals surface area contributed by atoms with E-state index in [0.29, 0.717) is 22.6 Å². The first-order valence-corrected chi connectivity index (χ1v) is 9.22. The van der Waals surface area contributed by atoms with Gasteiger partial charge in [-0.1, -0.05) is 28.1 Å². The molecule has 0 aliphatic carbocycles. The number of amides is 1. The van der Waals surface area contributed by atoms with Gasteiger partial charge in [0.2, 0.25) is 0 Å². The standard InChI is InChI=1S/C22H13BrF2N2O/c23-16-5-11-19(12-6-16)27-21(15-3-9-18(25)10-4-15)26-20(22(27)28)13-14-1-7-17(24)8-2-14/h1-13H/b20-13+. The molecule has 0 spiro atoms. The lowest BCUT2D eigenvalue weighted by Crippen LogP contribution is -2.32. The maximum Gasteiger partial charge on any atom is 0.282 e. The normalized spacial score (nSPS) is 15.2. The summed E-state index contributed by atoms with van der Waals surface area (Å²) in [5.74, 6) is -0.635. The Bertz CT molecular complexity index is 1090. The van der Waals surface area contributed by atoms with Crippen LogP contribution in [0.15, 0.2) is 88.0 Å². The van der Waals surface area contributed by atoms with E-state index < -0.39 is 0 Å². The molecule has 3 nitrogen and oxygen atoms in total. The first kappa shape index (κ1) is 18.3. The van der Waals surface area contributed by atoms with Crippen molar-refractivity contribution in [3.8, 4) is 0 Å². The van der Waals surface area contributed by atoms with Gasteiger partial charge in [-0.05, 0) is 72.3 Å². The van der Waals surface area contributed by atoms with Gasteiger partial charge in [-0.25, -0.2) is 13.8 Å². The molecule has 3 aromatic carbocycles. The summed E-state index contributed by atoms with van der Waals surface area (Å²) in [5.41, 5.74) is 2.12. The minimum absolute atomic E-state index is 0.217. The largest absolute Gasteiger partial charge is 0.282 e. The Morgan fingerprint density at radius 2 is 1.39 bits per heavy atom. The number of nitrogens with zero attached hydrogens (tertiary/aromatic N) is 2. The zero-order valence-corrected chi connectivity index (χ0v) is 16.0. The fourth-order valence-electron chi connectivity index (χ4n) is 2.86. The van der Waals surface area contributed by atoms with Gasteiger partial charge in [-0.3, -0.25) is 9.69 Å². The maximum atomic E-state index is 13.3. The van der Waals surface area contributed by atoms with Gasteiger partial charge in [0.05, 0.1) is 5.69 Å². The molecule has 0 N–H and O–H groups in total. The highest BCUT2D eigenvalue weighted by Gasteiger charge is 2.32. The number of aliphatic imine (C=N–C) groups is 1. The van der Waals surface area contributed by atoms with Crippen LogP contribution in [0.2, 0.25) is 0 Å². The minimum Gasteiger partial charge on any atom is -0.266 e. The number of amidine groups is 1. The Labute approximate surface area is 168 Å². The van der Waals surface area contributed by atoms with E-state index in [1.807, 2.05) is 12.1 Å². The molecule has 0 radical (unpaired) electrons. The number of carbonyl (C=O) groups is 1. The summed E-state index contributed by atoms with van der Waals surface area (Å²) in [4.78, 5) is 19.1. The summed E-state index contributed by atoms with van der Waals surface area (Å²) < 4.78 is 27.4. The van der Waals surface area contributed by atoms with E-state index >= 15 is 0 Å². The van der Waals surface area contributed by atoms with Crippen LogP contribution in [0.1, 0.15) is 11.1 Å². The van der Waals surface area contributed by atoms with Gasteiger partial charge in [0.25, 0.3) is 5.91 Å². The van der Waals surface area contributed by atoms with Crippen molar-refractivity contribution < 1.29 is 13.6 Å². The summed E-state index contributed by atoms with van der Waals surface area (Å²) in [6, 6.07) is 18.8. The quantitative estimate of drug-likeness (QED) is 0.492. The van der Waals surface area contributed by atoms with Crippen molar-refractivity contribution in [3.05, 3.63) is 106 Å². The van der Waals surface area contributed by atoms with Crippen LogP contribution in [0.25, 0.3) is 6.08 Å². The molecule has 0 atom stereocenters. The van der Waals surface area contributed by atoms with Crippen LogP contribution in [0.3, 0.4) is 0 Å². The second kappa shape index (κ2) is 7.48. The molecule has 0 fully saturated rings. The lowest BCUT2D eigenvalue weighted by atomic mass is 10.1. The first-order chi connectivity index (χ1) is 13.5. The third-order valence-electron chi connectivity index (χ3n) is 4.22. The van der Waals surface area contributed by atoms with E-state index in [2.05, 4.69) is 20.9 Å². The Morgan fingerprint density at radius 1 is 0.821 bits per heavy atom. The Kier molecular flexibility index (Phi) is 4.88. The fourth-order valence-corrected chi connectivity index (χ4v) is 3.12. The van der Waals surface area contributed by atoms with Crippen molar-refractivity contribution in [3.63, 3.8) is 0 Å². The lowest BCUT2D eigenvalue weighted by Gasteiger charge is -2.18. The second-order valence-corrected chi connectivity index (χ2v) is 7.06. The molecular weight excluding hydrogens is 426 g/mol. The average Bonchev–Trinajstić information content (AvgIpc) is 3.01. The SMILES string of the molecule is O=C1/C(=C\c2ccc(F)cc2)N=C(c2ccc(F)cc2)N1c1ccc(Br)cc1. The monoisotopic (exact) mass is 438 g/mol. The van der Waals surface area contributed by atoms with E-state index in [9.17, 15) is 13.6 Å². The third kappa shape index (κ3) is 3.64. The predicted molar refractivity (Wildman–Crippen MR) is 109 cm³/mol. The van der Waals surface area contributed by atoms with Crippen LogP contribution in [0, 0.1) is 11.6 Å². The molecule has 0 unspecified atom stereocenters. The number of benzene rings is 3. The Hall–Kier alpha value is -3.12. The van der Waals surface area contributed by atoms with E-state index in [4.69, 9.17) is 0 Å². The van der Waals surface area contributed by atoms with Crippen molar-refractivity contribution in [2.45, 2.75) is 0 Å². The zero-order chi connectivity index (χ0) is 19.7. The highest BCUT2D eigenvalue weighted by atomic mass is 79.9. The molecule has 0 saturated carbocycles. The fraction of sp³-hybridized carbons (Fsp3) is 0. The van der Waals surface area contributed by atoms with Crippen molar-refractivity contribution in [1.29, 1.82) is 0 Å². The Balaban J connectivity index is 1.81. The molecule has 138 valence electrons. The molecule has 0 bridgehead atoms. The van der Waals surface area contributed by atoms with Crippen LogP contribution >= 0.6 is 15.9 Å². The van der Waals surface area contributed by atoms with Crippen LogP contribution in [0.4, 0.5) is 14.5 Å². The molecule has 1 aliphatic rings. The number of halogens is 3. The average molecular weight is 439 g/mol. The molecule has 28 heavy (non-hydrogen) atoms. The number of hydrogen-bond acceptors (Lipinski definition) is 2. The van der Waals surface area contributed by atoms with Crippen molar-refractivity contribution in [2.24, 2.45) is 4.99 Å². The molecule has 1 heterocycles. The van der Waals surface area contributed by atoms with Gasteiger partial charge >= 0.3 is 0 Å².